The summed E-state index contributed by atoms with van der Waals surface area (Å²) >= 11 is 0. The molecule has 0 radical (unpaired) electrons. The van der Waals surface area contributed by atoms with Gasteiger partial charge in [0.25, 0.3) is 11.8 Å². The number of phenols is 1. The van der Waals surface area contributed by atoms with Crippen LogP contribution in [-0.4, -0.2) is 21.9 Å². The number of hydrogen-bond acceptors (Lipinski definition) is 4. The molecule has 0 aromatic heterocycles. The number of carbonyl (C=O) groups is 2. The molecule has 0 saturated heterocycles. The molecule has 0 bridgehead atoms. The van der Waals surface area contributed by atoms with E-state index in [4.69, 9.17) is 0 Å². The van der Waals surface area contributed by atoms with E-state index in [0.29, 0.717) is 22.4 Å². The molecule has 0 saturated carbocycles. The fourth-order valence-electron chi connectivity index (χ4n) is 3.07. The van der Waals surface area contributed by atoms with Crippen molar-refractivity contribution in [1.82, 2.24) is 10.4 Å². The number of para-hydroxylation sites is 2. The quantitative estimate of drug-likeness (QED) is 0.670. The highest BCUT2D eigenvalue weighted by molar-refractivity contribution is 6.04. The number of phenolic OH excluding ortho intramolecular Hbond substituents is 1. The average molecular weight is 359 g/mol. The van der Waals surface area contributed by atoms with E-state index >= 15 is 0 Å². The van der Waals surface area contributed by atoms with Gasteiger partial charge < -0.3 is 10.4 Å². The minimum atomic E-state index is -0.749. The monoisotopic (exact) mass is 359 g/mol. The number of fused-ring (bicyclic) bond motifs is 1. The van der Waals surface area contributed by atoms with Crippen molar-refractivity contribution in [2.45, 2.75) is 6.17 Å². The molecular weight excluding hydrogens is 342 g/mol. The zero-order chi connectivity index (χ0) is 18.8. The first-order valence-electron chi connectivity index (χ1n) is 8.48. The van der Waals surface area contributed by atoms with E-state index in [2.05, 4.69) is 10.7 Å². The largest absolute Gasteiger partial charge is 0.508 e. The van der Waals surface area contributed by atoms with Gasteiger partial charge in [-0.05, 0) is 30.3 Å². The van der Waals surface area contributed by atoms with Crippen molar-refractivity contribution in [2.75, 3.05) is 5.32 Å². The van der Waals surface area contributed by atoms with Gasteiger partial charge in [-0.1, -0.05) is 48.5 Å². The van der Waals surface area contributed by atoms with Gasteiger partial charge in [0.05, 0.1) is 5.56 Å². The minimum Gasteiger partial charge on any atom is -0.508 e. The standard InChI is InChI=1S/C21H17N3O3/c25-18-13-7-5-11-16(18)19-22-17-12-6-4-10-15(17)21(27)24(19)23-20(26)14-8-2-1-3-9-14/h1-13,19,22,25H,(H,23,26). The van der Waals surface area contributed by atoms with Crippen LogP contribution in [0.4, 0.5) is 5.69 Å². The van der Waals surface area contributed by atoms with Crippen molar-refractivity contribution < 1.29 is 14.7 Å². The highest BCUT2D eigenvalue weighted by Gasteiger charge is 2.35. The summed E-state index contributed by atoms with van der Waals surface area (Å²) < 4.78 is 0. The normalized spacial score (nSPS) is 15.6. The number of hydrogen-bond donors (Lipinski definition) is 3. The fourth-order valence-corrected chi connectivity index (χ4v) is 3.07. The lowest BCUT2D eigenvalue weighted by molar-refractivity contribution is 0.0488. The molecule has 4 rings (SSSR count). The molecule has 6 nitrogen and oxygen atoms in total. The van der Waals surface area contributed by atoms with E-state index in [0.717, 1.165) is 0 Å². The second-order valence-corrected chi connectivity index (χ2v) is 6.13. The number of nitrogens with one attached hydrogen (secondary N) is 2. The number of hydrazine groups is 1. The second-order valence-electron chi connectivity index (χ2n) is 6.13. The molecule has 1 unspecified atom stereocenters. The fraction of sp³-hybridized carbons (Fsp3) is 0.0476. The minimum absolute atomic E-state index is 0.0288. The van der Waals surface area contributed by atoms with Crippen LogP contribution in [0.3, 0.4) is 0 Å². The van der Waals surface area contributed by atoms with Crippen molar-refractivity contribution in [3.63, 3.8) is 0 Å². The lowest BCUT2D eigenvalue weighted by atomic mass is 10.0. The summed E-state index contributed by atoms with van der Waals surface area (Å²) in [6, 6.07) is 22.4. The third-order valence-corrected chi connectivity index (χ3v) is 4.42. The summed E-state index contributed by atoms with van der Waals surface area (Å²) in [7, 11) is 0. The van der Waals surface area contributed by atoms with Gasteiger partial charge in [0.15, 0.2) is 6.17 Å². The summed E-state index contributed by atoms with van der Waals surface area (Å²) in [4.78, 5) is 25.7. The number of nitrogens with zero attached hydrogens (tertiary/aromatic N) is 1. The second kappa shape index (κ2) is 6.84. The molecule has 3 N–H and O–H groups in total. The Balaban J connectivity index is 1.74. The van der Waals surface area contributed by atoms with E-state index in [1.807, 2.05) is 12.1 Å². The summed E-state index contributed by atoms with van der Waals surface area (Å²) in [5.74, 6) is -0.742. The van der Waals surface area contributed by atoms with E-state index in [-0.39, 0.29) is 11.7 Å². The van der Waals surface area contributed by atoms with Crippen molar-refractivity contribution in [3.8, 4) is 5.75 Å². The average Bonchev–Trinajstić information content (AvgIpc) is 2.71. The van der Waals surface area contributed by atoms with Gasteiger partial charge >= 0.3 is 0 Å². The summed E-state index contributed by atoms with van der Waals surface area (Å²) in [6.45, 7) is 0. The summed E-state index contributed by atoms with van der Waals surface area (Å²) in [5.41, 5.74) is 4.67. The number of amides is 2. The molecule has 1 aliphatic rings. The van der Waals surface area contributed by atoms with E-state index in [9.17, 15) is 14.7 Å². The van der Waals surface area contributed by atoms with Gasteiger partial charge in [-0.25, -0.2) is 5.01 Å². The summed E-state index contributed by atoms with van der Waals surface area (Å²) in [6.07, 6.45) is -0.749. The molecule has 0 aliphatic carbocycles. The first kappa shape index (κ1) is 16.7. The number of anilines is 1. The van der Waals surface area contributed by atoms with E-state index < -0.39 is 12.1 Å². The van der Waals surface area contributed by atoms with Crippen LogP contribution in [0.5, 0.6) is 5.75 Å². The van der Waals surface area contributed by atoms with Crippen LogP contribution in [0.15, 0.2) is 78.9 Å². The van der Waals surface area contributed by atoms with Crippen LogP contribution in [0, 0.1) is 0 Å². The zero-order valence-electron chi connectivity index (χ0n) is 14.3. The molecule has 0 spiro atoms. The van der Waals surface area contributed by atoms with Gasteiger partial charge in [-0.2, -0.15) is 0 Å². The molecular formula is C21H17N3O3. The van der Waals surface area contributed by atoms with Crippen LogP contribution < -0.4 is 10.7 Å². The predicted octanol–water partition coefficient (Wildman–Crippen LogP) is 3.30. The molecule has 0 fully saturated rings. The molecule has 2 amide bonds. The van der Waals surface area contributed by atoms with Crippen molar-refractivity contribution >= 4 is 17.5 Å². The Bertz CT molecular complexity index is 1000. The number of benzene rings is 3. The zero-order valence-corrected chi connectivity index (χ0v) is 14.3. The van der Waals surface area contributed by atoms with Crippen LogP contribution in [0.25, 0.3) is 0 Å². The molecule has 1 aliphatic heterocycles. The molecule has 3 aromatic carbocycles. The van der Waals surface area contributed by atoms with Crippen LogP contribution in [0.2, 0.25) is 0 Å². The van der Waals surface area contributed by atoms with Crippen LogP contribution in [-0.2, 0) is 0 Å². The Hall–Kier alpha value is -3.80. The number of aromatic hydroxyl groups is 1. The topological polar surface area (TPSA) is 81.7 Å². The first-order chi connectivity index (χ1) is 13.1. The Morgan fingerprint density at radius 2 is 1.59 bits per heavy atom. The van der Waals surface area contributed by atoms with Gasteiger partial charge in [-0.15, -0.1) is 0 Å². The molecule has 6 heteroatoms. The Morgan fingerprint density at radius 1 is 0.926 bits per heavy atom. The van der Waals surface area contributed by atoms with Gasteiger partial charge in [-0.3, -0.25) is 15.0 Å². The van der Waals surface area contributed by atoms with Crippen molar-refractivity contribution in [3.05, 3.63) is 95.6 Å². The van der Waals surface area contributed by atoms with Crippen LogP contribution >= 0.6 is 0 Å². The smallest absolute Gasteiger partial charge is 0.276 e. The van der Waals surface area contributed by atoms with E-state index in [1.165, 1.54) is 5.01 Å². The lowest BCUT2D eigenvalue weighted by Gasteiger charge is -2.37. The van der Waals surface area contributed by atoms with Crippen molar-refractivity contribution in [1.29, 1.82) is 0 Å². The molecule has 1 heterocycles. The van der Waals surface area contributed by atoms with Crippen LogP contribution in [0.1, 0.15) is 32.4 Å². The van der Waals surface area contributed by atoms with Gasteiger partial charge in [0.2, 0.25) is 0 Å². The van der Waals surface area contributed by atoms with Gasteiger partial charge in [0.1, 0.15) is 5.75 Å². The highest BCUT2D eigenvalue weighted by atomic mass is 16.3. The molecule has 1 atom stereocenters. The third kappa shape index (κ3) is 3.08. The maximum atomic E-state index is 13.1. The number of carbonyl (C=O) groups excluding carboxylic acids is 2. The Morgan fingerprint density at radius 3 is 2.37 bits per heavy atom. The SMILES string of the molecule is O=C(NN1C(=O)c2ccccc2NC1c1ccccc1O)c1ccccc1. The molecule has 134 valence electrons. The Labute approximate surface area is 156 Å². The lowest BCUT2D eigenvalue weighted by Crippen LogP contribution is -2.52. The van der Waals surface area contributed by atoms with Gasteiger partial charge in [0, 0.05) is 16.8 Å². The maximum Gasteiger partial charge on any atom is 0.276 e. The summed E-state index contributed by atoms with van der Waals surface area (Å²) in [5, 5.41) is 14.7. The Kier molecular flexibility index (Phi) is 4.22. The highest BCUT2D eigenvalue weighted by Crippen LogP contribution is 2.35. The van der Waals surface area contributed by atoms with E-state index in [1.54, 1.807) is 66.7 Å². The third-order valence-electron chi connectivity index (χ3n) is 4.42. The first-order valence-corrected chi connectivity index (χ1v) is 8.48. The van der Waals surface area contributed by atoms with Crippen molar-refractivity contribution in [2.24, 2.45) is 0 Å². The molecule has 3 aromatic rings. The molecule has 27 heavy (non-hydrogen) atoms. The maximum absolute atomic E-state index is 13.1. The number of rotatable bonds is 3. The predicted molar refractivity (Wildman–Crippen MR) is 101 cm³/mol.